The van der Waals surface area contributed by atoms with Crippen molar-refractivity contribution in [2.45, 2.75) is 25.4 Å². The minimum atomic E-state index is -0.933. The van der Waals surface area contributed by atoms with Gasteiger partial charge in [-0.05, 0) is 12.5 Å². The Morgan fingerprint density at radius 3 is 2.76 bits per heavy atom. The van der Waals surface area contributed by atoms with Crippen LogP contribution >= 0.6 is 0 Å². The number of carbonyl (C=O) groups excluding carboxylic acids is 1. The SMILES string of the molecule is O=C1CCC(Oc2ccc([N+](=O)[O-])c(F)c2)C1. The second kappa shape index (κ2) is 4.48. The van der Waals surface area contributed by atoms with Gasteiger partial charge in [0.05, 0.1) is 4.92 Å². The van der Waals surface area contributed by atoms with E-state index in [4.69, 9.17) is 4.74 Å². The van der Waals surface area contributed by atoms with E-state index in [-0.39, 0.29) is 17.6 Å². The fourth-order valence-electron chi connectivity index (χ4n) is 1.78. The third kappa shape index (κ3) is 2.58. The van der Waals surface area contributed by atoms with Crippen molar-refractivity contribution in [1.29, 1.82) is 0 Å². The van der Waals surface area contributed by atoms with Gasteiger partial charge in [-0.25, -0.2) is 0 Å². The number of hydrogen-bond acceptors (Lipinski definition) is 4. The average molecular weight is 239 g/mol. The summed E-state index contributed by atoms with van der Waals surface area (Å²) in [6.45, 7) is 0. The summed E-state index contributed by atoms with van der Waals surface area (Å²) in [6.07, 6.45) is 1.15. The van der Waals surface area contributed by atoms with Crippen LogP contribution in [0.1, 0.15) is 19.3 Å². The fourth-order valence-corrected chi connectivity index (χ4v) is 1.78. The van der Waals surface area contributed by atoms with Crippen LogP contribution in [0.15, 0.2) is 18.2 Å². The van der Waals surface area contributed by atoms with Crippen LogP contribution in [0.3, 0.4) is 0 Å². The lowest BCUT2D eigenvalue weighted by molar-refractivity contribution is -0.387. The van der Waals surface area contributed by atoms with Crippen LogP contribution in [0.5, 0.6) is 5.75 Å². The molecule has 0 aliphatic heterocycles. The smallest absolute Gasteiger partial charge is 0.305 e. The maximum absolute atomic E-state index is 13.3. The molecular formula is C11H10FNO4. The van der Waals surface area contributed by atoms with Crippen LogP contribution in [0, 0.1) is 15.9 Å². The molecule has 1 aliphatic rings. The van der Waals surface area contributed by atoms with E-state index in [0.29, 0.717) is 19.3 Å². The Kier molecular flexibility index (Phi) is 3.03. The predicted octanol–water partition coefficient (Wildman–Crippen LogP) is 2.23. The molecule has 90 valence electrons. The molecule has 0 bridgehead atoms. The largest absolute Gasteiger partial charge is 0.490 e. The van der Waals surface area contributed by atoms with Gasteiger partial charge in [0.1, 0.15) is 17.6 Å². The molecule has 0 saturated heterocycles. The molecule has 6 heteroatoms. The molecule has 1 aromatic rings. The molecule has 0 aromatic heterocycles. The second-order valence-corrected chi connectivity index (χ2v) is 3.89. The van der Waals surface area contributed by atoms with Gasteiger partial charge in [-0.1, -0.05) is 0 Å². The maximum atomic E-state index is 13.3. The highest BCUT2D eigenvalue weighted by atomic mass is 19.1. The summed E-state index contributed by atoms with van der Waals surface area (Å²) in [5.41, 5.74) is -0.583. The highest BCUT2D eigenvalue weighted by molar-refractivity contribution is 5.81. The lowest BCUT2D eigenvalue weighted by atomic mass is 10.2. The number of halogens is 1. The van der Waals surface area contributed by atoms with E-state index in [1.54, 1.807) is 0 Å². The van der Waals surface area contributed by atoms with Crippen molar-refractivity contribution in [1.82, 2.24) is 0 Å². The number of rotatable bonds is 3. The van der Waals surface area contributed by atoms with Crippen molar-refractivity contribution in [3.8, 4) is 5.75 Å². The number of carbonyl (C=O) groups is 1. The van der Waals surface area contributed by atoms with E-state index in [2.05, 4.69) is 0 Å². The quantitative estimate of drug-likeness (QED) is 0.599. The van der Waals surface area contributed by atoms with Gasteiger partial charge in [0.15, 0.2) is 0 Å². The molecule has 1 aromatic carbocycles. The third-order valence-electron chi connectivity index (χ3n) is 2.62. The van der Waals surface area contributed by atoms with Crippen molar-refractivity contribution in [2.24, 2.45) is 0 Å². The minimum absolute atomic E-state index is 0.123. The molecule has 0 spiro atoms. The normalized spacial score (nSPS) is 19.4. The number of nitro benzene ring substituents is 1. The summed E-state index contributed by atoms with van der Waals surface area (Å²) in [4.78, 5) is 20.6. The Balaban J connectivity index is 2.10. The Morgan fingerprint density at radius 2 is 2.24 bits per heavy atom. The molecule has 0 radical (unpaired) electrons. The number of nitro groups is 1. The molecule has 0 heterocycles. The topological polar surface area (TPSA) is 69.4 Å². The Bertz CT molecular complexity index is 475. The van der Waals surface area contributed by atoms with Gasteiger partial charge in [-0.15, -0.1) is 0 Å². The standard InChI is InChI=1S/C11H10FNO4/c12-10-6-9(3-4-11(10)13(15)16)17-8-2-1-7(14)5-8/h3-4,6,8H,1-2,5H2. The Hall–Kier alpha value is -1.98. The highest BCUT2D eigenvalue weighted by Gasteiger charge is 2.24. The number of Topliss-reactive ketones (excluding diaryl/α,β-unsaturated/α-hetero) is 1. The number of nitrogens with zero attached hydrogens (tertiary/aromatic N) is 1. The van der Waals surface area contributed by atoms with Crippen molar-refractivity contribution in [3.63, 3.8) is 0 Å². The second-order valence-electron chi connectivity index (χ2n) is 3.89. The zero-order chi connectivity index (χ0) is 12.4. The van der Waals surface area contributed by atoms with Crippen molar-refractivity contribution < 1.29 is 18.8 Å². The molecule has 1 unspecified atom stereocenters. The summed E-state index contributed by atoms with van der Waals surface area (Å²) >= 11 is 0. The molecule has 1 fully saturated rings. The first kappa shape index (κ1) is 11.5. The molecule has 1 atom stereocenters. The van der Waals surface area contributed by atoms with Crippen molar-refractivity contribution in [2.75, 3.05) is 0 Å². The van der Waals surface area contributed by atoms with Crippen LogP contribution in [0.25, 0.3) is 0 Å². The van der Waals surface area contributed by atoms with E-state index in [1.165, 1.54) is 6.07 Å². The molecule has 0 N–H and O–H groups in total. The first-order valence-corrected chi connectivity index (χ1v) is 5.18. The number of benzene rings is 1. The van der Waals surface area contributed by atoms with E-state index in [1.807, 2.05) is 0 Å². The van der Waals surface area contributed by atoms with Gasteiger partial charge in [0.2, 0.25) is 5.82 Å². The zero-order valence-corrected chi connectivity index (χ0v) is 8.89. The number of ether oxygens (including phenoxy) is 1. The molecule has 1 saturated carbocycles. The van der Waals surface area contributed by atoms with Gasteiger partial charge in [0, 0.05) is 25.0 Å². The Morgan fingerprint density at radius 1 is 1.47 bits per heavy atom. The zero-order valence-electron chi connectivity index (χ0n) is 8.89. The maximum Gasteiger partial charge on any atom is 0.305 e. The van der Waals surface area contributed by atoms with E-state index in [0.717, 1.165) is 12.1 Å². The van der Waals surface area contributed by atoms with Crippen LogP contribution < -0.4 is 4.74 Å². The number of ketones is 1. The van der Waals surface area contributed by atoms with E-state index in [9.17, 15) is 19.3 Å². The van der Waals surface area contributed by atoms with Crippen molar-refractivity contribution in [3.05, 3.63) is 34.1 Å². The van der Waals surface area contributed by atoms with Crippen LogP contribution in [0.4, 0.5) is 10.1 Å². The van der Waals surface area contributed by atoms with Gasteiger partial charge < -0.3 is 4.74 Å². The summed E-state index contributed by atoms with van der Waals surface area (Å²) in [6, 6.07) is 3.37. The molecule has 5 nitrogen and oxygen atoms in total. The highest BCUT2D eigenvalue weighted by Crippen LogP contribution is 2.26. The minimum Gasteiger partial charge on any atom is -0.490 e. The monoisotopic (exact) mass is 239 g/mol. The lowest BCUT2D eigenvalue weighted by Crippen LogP contribution is -2.12. The van der Waals surface area contributed by atoms with Crippen LogP contribution in [0.2, 0.25) is 0 Å². The first-order valence-electron chi connectivity index (χ1n) is 5.18. The summed E-state index contributed by atoms with van der Waals surface area (Å²) < 4.78 is 18.6. The molecular weight excluding hydrogens is 229 g/mol. The van der Waals surface area contributed by atoms with Gasteiger partial charge in [-0.2, -0.15) is 4.39 Å². The third-order valence-corrected chi connectivity index (χ3v) is 2.62. The first-order chi connectivity index (χ1) is 8.06. The fraction of sp³-hybridized carbons (Fsp3) is 0.364. The average Bonchev–Trinajstić information content (AvgIpc) is 2.63. The Labute approximate surface area is 96.3 Å². The molecule has 17 heavy (non-hydrogen) atoms. The molecule has 1 aliphatic carbocycles. The van der Waals surface area contributed by atoms with Crippen LogP contribution in [-0.2, 0) is 4.79 Å². The number of hydrogen-bond donors (Lipinski definition) is 0. The van der Waals surface area contributed by atoms with Crippen LogP contribution in [-0.4, -0.2) is 16.8 Å². The lowest BCUT2D eigenvalue weighted by Gasteiger charge is -2.11. The molecule has 0 amide bonds. The summed E-state index contributed by atoms with van der Waals surface area (Å²) in [7, 11) is 0. The summed E-state index contributed by atoms with van der Waals surface area (Å²) in [5.74, 6) is -0.595. The van der Waals surface area contributed by atoms with Crippen molar-refractivity contribution >= 4 is 11.5 Å². The predicted molar refractivity (Wildman–Crippen MR) is 56.3 cm³/mol. The van der Waals surface area contributed by atoms with Gasteiger partial charge in [-0.3, -0.25) is 14.9 Å². The van der Waals surface area contributed by atoms with Gasteiger partial charge in [0.25, 0.3) is 0 Å². The van der Waals surface area contributed by atoms with E-state index < -0.39 is 16.4 Å². The molecule has 2 rings (SSSR count). The summed E-state index contributed by atoms with van der Waals surface area (Å²) in [5, 5.41) is 10.4. The van der Waals surface area contributed by atoms with E-state index >= 15 is 0 Å². The van der Waals surface area contributed by atoms with Gasteiger partial charge >= 0.3 is 5.69 Å².